The zero-order valence-corrected chi connectivity index (χ0v) is 17.5. The summed E-state index contributed by atoms with van der Waals surface area (Å²) < 4.78 is 14.3. The minimum Gasteiger partial charge on any atom is -0.481 e. The molecule has 0 aliphatic carbocycles. The molecule has 1 aliphatic rings. The Labute approximate surface area is 182 Å². The average Bonchev–Trinajstić information content (AvgIpc) is 2.78. The van der Waals surface area contributed by atoms with E-state index >= 15 is 0 Å². The van der Waals surface area contributed by atoms with Crippen LogP contribution < -0.4 is 10.2 Å². The molecule has 2 N–H and O–H groups in total. The standard InChI is InChI=1S/C26H27FN2O2/c27-24-16-23(12-10-21(24)11-13-26(30)31)28-17-20-8-9-22-7-4-14-29(25(22)15-20)18-19-5-2-1-3-6-19/h1-3,5-6,8-10,12,15-16,28H,4,7,11,13-14,17-18H2,(H,30,31). The van der Waals surface area contributed by atoms with E-state index in [0.29, 0.717) is 17.8 Å². The maximum absolute atomic E-state index is 14.3. The highest BCUT2D eigenvalue weighted by Gasteiger charge is 2.17. The van der Waals surface area contributed by atoms with E-state index in [2.05, 4.69) is 52.7 Å². The number of anilines is 2. The molecular weight excluding hydrogens is 391 g/mol. The van der Waals surface area contributed by atoms with Gasteiger partial charge in [-0.1, -0.05) is 48.5 Å². The molecule has 0 saturated carbocycles. The molecule has 4 nitrogen and oxygen atoms in total. The maximum Gasteiger partial charge on any atom is 0.303 e. The van der Waals surface area contributed by atoms with Gasteiger partial charge in [0.15, 0.2) is 0 Å². The molecule has 0 fully saturated rings. The topological polar surface area (TPSA) is 52.6 Å². The fourth-order valence-corrected chi connectivity index (χ4v) is 4.08. The van der Waals surface area contributed by atoms with Gasteiger partial charge in [-0.2, -0.15) is 0 Å². The number of aryl methyl sites for hydroxylation is 2. The molecule has 0 unspecified atom stereocenters. The first kappa shape index (κ1) is 20.9. The summed E-state index contributed by atoms with van der Waals surface area (Å²) in [5.74, 6) is -1.29. The Morgan fingerprint density at radius 2 is 1.87 bits per heavy atom. The predicted molar refractivity (Wildman–Crippen MR) is 122 cm³/mol. The first-order chi connectivity index (χ1) is 15.1. The molecule has 5 heteroatoms. The SMILES string of the molecule is O=C(O)CCc1ccc(NCc2ccc3c(c2)N(Cc2ccccc2)CCC3)cc1F. The van der Waals surface area contributed by atoms with Crippen molar-refractivity contribution in [3.8, 4) is 0 Å². The number of halogens is 1. The van der Waals surface area contributed by atoms with Crippen LogP contribution in [0.25, 0.3) is 0 Å². The lowest BCUT2D eigenvalue weighted by Gasteiger charge is -2.32. The van der Waals surface area contributed by atoms with Crippen LogP contribution in [0, 0.1) is 5.82 Å². The van der Waals surface area contributed by atoms with E-state index in [9.17, 15) is 9.18 Å². The van der Waals surface area contributed by atoms with Gasteiger partial charge in [-0.05, 0) is 59.7 Å². The van der Waals surface area contributed by atoms with Crippen LogP contribution >= 0.6 is 0 Å². The number of fused-ring (bicyclic) bond motifs is 1. The van der Waals surface area contributed by atoms with Crippen molar-refractivity contribution >= 4 is 17.3 Å². The first-order valence-electron chi connectivity index (χ1n) is 10.7. The second kappa shape index (κ2) is 9.65. The van der Waals surface area contributed by atoms with Crippen molar-refractivity contribution in [2.24, 2.45) is 0 Å². The normalized spacial score (nSPS) is 13.0. The van der Waals surface area contributed by atoms with Gasteiger partial charge in [-0.15, -0.1) is 0 Å². The molecule has 4 rings (SSSR count). The van der Waals surface area contributed by atoms with Crippen LogP contribution in [0.4, 0.5) is 15.8 Å². The van der Waals surface area contributed by atoms with Crippen LogP contribution in [0.15, 0.2) is 66.7 Å². The largest absolute Gasteiger partial charge is 0.481 e. The Morgan fingerprint density at radius 3 is 2.65 bits per heavy atom. The van der Waals surface area contributed by atoms with Gasteiger partial charge in [-0.3, -0.25) is 4.79 Å². The van der Waals surface area contributed by atoms with Gasteiger partial charge in [0.05, 0.1) is 0 Å². The van der Waals surface area contributed by atoms with Crippen molar-refractivity contribution in [2.45, 2.75) is 38.8 Å². The van der Waals surface area contributed by atoms with E-state index in [1.807, 2.05) is 6.07 Å². The van der Waals surface area contributed by atoms with Crippen molar-refractivity contribution in [3.05, 3.63) is 94.8 Å². The summed E-state index contributed by atoms with van der Waals surface area (Å²) in [6.45, 7) is 2.54. The van der Waals surface area contributed by atoms with Crippen LogP contribution in [0.3, 0.4) is 0 Å². The highest BCUT2D eigenvalue weighted by atomic mass is 19.1. The first-order valence-corrected chi connectivity index (χ1v) is 10.7. The summed E-state index contributed by atoms with van der Waals surface area (Å²) in [4.78, 5) is 13.1. The van der Waals surface area contributed by atoms with Crippen LogP contribution in [-0.2, 0) is 30.7 Å². The zero-order chi connectivity index (χ0) is 21.6. The number of nitrogens with one attached hydrogen (secondary N) is 1. The Balaban J connectivity index is 1.43. The Hall–Kier alpha value is -3.34. The van der Waals surface area contributed by atoms with E-state index in [1.54, 1.807) is 12.1 Å². The monoisotopic (exact) mass is 418 g/mol. The number of hydrogen-bond acceptors (Lipinski definition) is 3. The molecule has 0 saturated heterocycles. The number of carboxylic acids is 1. The molecule has 0 aromatic heterocycles. The fourth-order valence-electron chi connectivity index (χ4n) is 4.08. The van der Waals surface area contributed by atoms with E-state index in [4.69, 9.17) is 5.11 Å². The molecule has 1 aliphatic heterocycles. The molecule has 3 aromatic rings. The Kier molecular flexibility index (Phi) is 6.51. The summed E-state index contributed by atoms with van der Waals surface area (Å²) in [7, 11) is 0. The second-order valence-electron chi connectivity index (χ2n) is 8.03. The Bertz CT molecular complexity index is 1050. The molecule has 0 spiro atoms. The van der Waals surface area contributed by atoms with Crippen LogP contribution in [0.1, 0.15) is 35.1 Å². The third-order valence-corrected chi connectivity index (χ3v) is 5.74. The number of carboxylic acid groups (broad SMARTS) is 1. The summed E-state index contributed by atoms with van der Waals surface area (Å²) in [6, 6.07) is 22.0. The highest BCUT2D eigenvalue weighted by Crippen LogP contribution is 2.30. The van der Waals surface area contributed by atoms with Gasteiger partial charge in [0, 0.05) is 37.4 Å². The third kappa shape index (κ3) is 5.43. The fraction of sp³-hybridized carbons (Fsp3) is 0.269. The van der Waals surface area contributed by atoms with Crippen LogP contribution in [-0.4, -0.2) is 17.6 Å². The van der Waals surface area contributed by atoms with E-state index in [1.165, 1.54) is 22.9 Å². The van der Waals surface area contributed by atoms with Gasteiger partial charge in [0.1, 0.15) is 5.82 Å². The number of hydrogen-bond donors (Lipinski definition) is 2. The molecule has 0 bridgehead atoms. The zero-order valence-electron chi connectivity index (χ0n) is 17.5. The second-order valence-corrected chi connectivity index (χ2v) is 8.03. The van der Waals surface area contributed by atoms with E-state index in [0.717, 1.165) is 31.5 Å². The van der Waals surface area contributed by atoms with Crippen molar-refractivity contribution in [1.82, 2.24) is 0 Å². The lowest BCUT2D eigenvalue weighted by molar-refractivity contribution is -0.136. The van der Waals surface area contributed by atoms with Gasteiger partial charge < -0.3 is 15.3 Å². The third-order valence-electron chi connectivity index (χ3n) is 5.74. The molecule has 160 valence electrons. The lowest BCUT2D eigenvalue weighted by Crippen LogP contribution is -2.29. The minimum atomic E-state index is -0.921. The van der Waals surface area contributed by atoms with Gasteiger partial charge in [0.25, 0.3) is 0 Å². The maximum atomic E-state index is 14.3. The molecule has 0 radical (unpaired) electrons. The number of aliphatic carboxylic acids is 1. The average molecular weight is 419 g/mol. The van der Waals surface area contributed by atoms with Crippen LogP contribution in [0.2, 0.25) is 0 Å². The Morgan fingerprint density at radius 1 is 1.03 bits per heavy atom. The molecule has 0 amide bonds. The number of rotatable bonds is 8. The molecule has 1 heterocycles. The van der Waals surface area contributed by atoms with Gasteiger partial charge in [-0.25, -0.2) is 4.39 Å². The summed E-state index contributed by atoms with van der Waals surface area (Å²) in [5.41, 5.74) is 6.23. The van der Waals surface area contributed by atoms with Crippen molar-refractivity contribution < 1.29 is 14.3 Å². The molecule has 31 heavy (non-hydrogen) atoms. The smallest absolute Gasteiger partial charge is 0.303 e. The quantitative estimate of drug-likeness (QED) is 0.514. The van der Waals surface area contributed by atoms with E-state index in [-0.39, 0.29) is 18.7 Å². The van der Waals surface area contributed by atoms with Gasteiger partial charge in [0.2, 0.25) is 0 Å². The summed E-state index contributed by atoms with van der Waals surface area (Å²) >= 11 is 0. The predicted octanol–water partition coefficient (Wildman–Crippen LogP) is 5.41. The number of carbonyl (C=O) groups is 1. The number of nitrogens with zero attached hydrogens (tertiary/aromatic N) is 1. The minimum absolute atomic E-state index is 0.0711. The molecular formula is C26H27FN2O2. The van der Waals surface area contributed by atoms with Gasteiger partial charge >= 0.3 is 5.97 Å². The highest BCUT2D eigenvalue weighted by molar-refractivity contribution is 5.67. The molecule has 0 atom stereocenters. The van der Waals surface area contributed by atoms with Crippen molar-refractivity contribution in [3.63, 3.8) is 0 Å². The lowest BCUT2D eigenvalue weighted by atomic mass is 9.98. The van der Waals surface area contributed by atoms with E-state index < -0.39 is 5.97 Å². The van der Waals surface area contributed by atoms with Crippen LogP contribution in [0.5, 0.6) is 0 Å². The van der Waals surface area contributed by atoms with Crippen molar-refractivity contribution in [1.29, 1.82) is 0 Å². The molecule has 3 aromatic carbocycles. The van der Waals surface area contributed by atoms with Crippen molar-refractivity contribution in [2.75, 3.05) is 16.8 Å². The summed E-state index contributed by atoms with van der Waals surface area (Å²) in [6.07, 6.45) is 2.38. The summed E-state index contributed by atoms with van der Waals surface area (Å²) in [5, 5.41) is 12.1. The number of benzene rings is 3.